The van der Waals surface area contributed by atoms with Gasteiger partial charge in [-0.3, -0.25) is 23.9 Å². The van der Waals surface area contributed by atoms with Gasteiger partial charge in [-0.25, -0.2) is 24.1 Å². The van der Waals surface area contributed by atoms with Crippen molar-refractivity contribution in [2.24, 2.45) is 12.2 Å². The second-order valence-corrected chi connectivity index (χ2v) is 11.8. The number of rotatable bonds is 9. The van der Waals surface area contributed by atoms with Crippen molar-refractivity contribution in [2.45, 2.75) is 25.5 Å². The van der Waals surface area contributed by atoms with E-state index < -0.39 is 74.8 Å². The number of urea groups is 1. The van der Waals surface area contributed by atoms with Crippen LogP contribution < -0.4 is 26.9 Å². The molecule has 21 nitrogen and oxygen atoms in total. The molecule has 4 heterocycles. The molecule has 44 heavy (non-hydrogen) atoms. The predicted octanol–water partition coefficient (Wildman–Crippen LogP) is -2.90. The molecule has 1 atom stereocenters. The van der Waals surface area contributed by atoms with Crippen molar-refractivity contribution in [1.29, 1.82) is 0 Å². The minimum absolute atomic E-state index is 0.0391. The van der Waals surface area contributed by atoms with Crippen LogP contribution in [0, 0.1) is 0 Å². The number of likely N-dealkylation sites (tertiary alicyclic amines) is 1. The van der Waals surface area contributed by atoms with E-state index in [-0.39, 0.29) is 26.4 Å². The Bertz CT molecular complexity index is 1950. The Morgan fingerprint density at radius 2 is 1.95 bits per heavy atom. The zero-order valence-corrected chi connectivity index (χ0v) is 24.3. The lowest BCUT2D eigenvalue weighted by atomic mass is 10.1. The lowest BCUT2D eigenvalue weighted by Crippen LogP contribution is -2.68. The largest absolute Gasteiger partial charge is 0.503 e. The van der Waals surface area contributed by atoms with Gasteiger partial charge in [0, 0.05) is 24.7 Å². The number of nitrogens with one attached hydrogen (secondary N) is 3. The van der Waals surface area contributed by atoms with E-state index in [1.807, 2.05) is 0 Å². The molecule has 23 heteroatoms. The van der Waals surface area contributed by atoms with Gasteiger partial charge in [-0.2, -0.15) is 8.42 Å². The van der Waals surface area contributed by atoms with Crippen molar-refractivity contribution in [2.75, 3.05) is 12.3 Å². The van der Waals surface area contributed by atoms with E-state index in [0.29, 0.717) is 4.90 Å². The van der Waals surface area contributed by atoms with E-state index in [2.05, 4.69) is 25.5 Å². The number of anilines is 1. The Morgan fingerprint density at radius 3 is 2.52 bits per heavy atom. The molecule has 7 N–H and O–H groups in total. The Morgan fingerprint density at radius 1 is 1.27 bits per heavy atom. The number of hydrogen-bond donors (Lipinski definition) is 6. The molecule has 1 aliphatic rings. The second kappa shape index (κ2) is 11.3. The Hall–Kier alpha value is -5.58. The number of aromatic amines is 1. The number of H-pyrrole nitrogens is 1. The molecule has 4 rings (SSSR count). The molecule has 0 radical (unpaired) electrons. The summed E-state index contributed by atoms with van der Waals surface area (Å²) in [5.41, 5.74) is 0.870. The summed E-state index contributed by atoms with van der Waals surface area (Å²) < 4.78 is 27.7. The second-order valence-electron chi connectivity index (χ2n) is 9.41. The summed E-state index contributed by atoms with van der Waals surface area (Å²) in [6, 6.07) is -1.97. The highest BCUT2D eigenvalue weighted by Crippen LogP contribution is 2.17. The lowest BCUT2D eigenvalue weighted by molar-refractivity contribution is -0.161. The number of aromatic hydroxyl groups is 1. The fourth-order valence-corrected chi connectivity index (χ4v) is 4.83. The number of carboxylic acids is 1. The third-order valence-electron chi connectivity index (χ3n) is 5.87. The molecule has 3 aromatic heterocycles. The zero-order valence-electron chi connectivity index (χ0n) is 22.7. The summed E-state index contributed by atoms with van der Waals surface area (Å²) in [6.45, 7) is 1.81. The number of carbonyl (C=O) groups excluding carboxylic acids is 3. The normalized spacial score (nSPS) is 15.4. The number of carboxylic acid groups (broad SMARTS) is 1. The number of nitrogen functional groups attached to an aromatic ring is 1. The topological polar surface area (TPSA) is 303 Å². The van der Waals surface area contributed by atoms with Gasteiger partial charge in [-0.15, -0.1) is 16.4 Å². The number of carbonyl (C=O) groups is 4. The summed E-state index contributed by atoms with van der Waals surface area (Å²) in [4.78, 5) is 85.5. The fraction of sp³-hybridized carbons (Fsp3) is 0.286. The molecule has 0 spiro atoms. The summed E-state index contributed by atoms with van der Waals surface area (Å²) in [6.07, 6.45) is 0.896. The molecular formula is C21H22N10O11S2. The number of nitrogens with zero attached hydrogens (tertiary/aromatic N) is 6. The number of oxime groups is 1. The van der Waals surface area contributed by atoms with Gasteiger partial charge in [-0.05, 0) is 13.8 Å². The number of hydrogen-bond acceptors (Lipinski definition) is 15. The van der Waals surface area contributed by atoms with Crippen LogP contribution in [-0.4, -0.2) is 95.0 Å². The summed E-state index contributed by atoms with van der Waals surface area (Å²) >= 11 is 0.932. The Balaban J connectivity index is 1.46. The van der Waals surface area contributed by atoms with Crippen molar-refractivity contribution >= 4 is 56.2 Å². The van der Waals surface area contributed by atoms with Crippen LogP contribution in [0.2, 0.25) is 0 Å². The molecule has 0 saturated carbocycles. The monoisotopic (exact) mass is 654 g/mol. The van der Waals surface area contributed by atoms with E-state index in [9.17, 15) is 47.4 Å². The highest BCUT2D eigenvalue weighted by molar-refractivity contribution is 7.88. The fourth-order valence-electron chi connectivity index (χ4n) is 3.35. The molecule has 1 saturated heterocycles. The standard InChI is InChI=1S/C21H22N10O11S2/c1-21(2,17(36)37)42-27-13(10-7-43-18(22)25-10)15(34)24-9-6-30(16(9)35)19(38)28-44(40,41)31-20(39)29(3)14(26-31)8-4-11(32)12(33)5-23-8/h4-5,7,9,33H,6H2,1-3H3,(H2,22,25)(H,23,32)(H,24,34)(H,28,38)(H,36,37)/b27-13+/t9-/m0/s1. The number of imide groups is 1. The predicted molar refractivity (Wildman–Crippen MR) is 148 cm³/mol. The van der Waals surface area contributed by atoms with Crippen LogP contribution in [-0.2, 0) is 36.5 Å². The molecule has 0 unspecified atom stereocenters. The van der Waals surface area contributed by atoms with E-state index in [1.165, 1.54) is 10.1 Å². The Labute approximate surface area is 248 Å². The first-order chi connectivity index (χ1) is 20.4. The molecule has 1 aliphatic heterocycles. The van der Waals surface area contributed by atoms with Crippen molar-refractivity contribution in [3.63, 3.8) is 0 Å². The lowest BCUT2D eigenvalue weighted by Gasteiger charge is -2.36. The maximum Gasteiger partial charge on any atom is 0.361 e. The third-order valence-corrected chi connectivity index (χ3v) is 7.67. The highest BCUT2D eigenvalue weighted by atomic mass is 32.2. The maximum absolute atomic E-state index is 12.9. The van der Waals surface area contributed by atoms with E-state index >= 15 is 0 Å². The van der Waals surface area contributed by atoms with Gasteiger partial charge in [0.15, 0.2) is 22.4 Å². The van der Waals surface area contributed by atoms with Crippen LogP contribution in [0.1, 0.15) is 19.5 Å². The molecule has 234 valence electrons. The number of nitrogens with two attached hydrogens (primary N) is 1. The van der Waals surface area contributed by atoms with Crippen molar-refractivity contribution < 1.29 is 42.6 Å². The molecule has 0 aliphatic carbocycles. The van der Waals surface area contributed by atoms with Crippen LogP contribution in [0.5, 0.6) is 5.75 Å². The van der Waals surface area contributed by atoms with Crippen LogP contribution in [0.15, 0.2) is 32.4 Å². The summed E-state index contributed by atoms with van der Waals surface area (Å²) in [5.74, 6) is -4.49. The van der Waals surface area contributed by atoms with Crippen LogP contribution in [0.4, 0.5) is 9.93 Å². The van der Waals surface area contributed by atoms with E-state index in [1.54, 1.807) is 0 Å². The first kappa shape index (κ1) is 31.4. The molecule has 4 amide bonds. The van der Waals surface area contributed by atoms with Crippen LogP contribution >= 0.6 is 11.3 Å². The van der Waals surface area contributed by atoms with Crippen LogP contribution in [0.3, 0.4) is 0 Å². The first-order valence-corrected chi connectivity index (χ1v) is 14.2. The minimum atomic E-state index is -5.03. The number of amides is 4. The SMILES string of the molecule is Cn1c(-c2cc(=O)c(O)c[nH]2)nn(S(=O)(=O)NC(=O)N2C[C@H](NC(=O)/C(=N/OC(C)(C)C(=O)O)c3csc(N)n3)C2=O)c1=O. The van der Waals surface area contributed by atoms with Crippen molar-refractivity contribution in [3.8, 4) is 17.3 Å². The first-order valence-electron chi connectivity index (χ1n) is 11.9. The highest BCUT2D eigenvalue weighted by Gasteiger charge is 2.44. The Kier molecular flexibility index (Phi) is 8.02. The molecule has 0 aromatic carbocycles. The summed E-state index contributed by atoms with van der Waals surface area (Å²) in [5, 5.41) is 29.4. The van der Waals surface area contributed by atoms with Gasteiger partial charge in [0.1, 0.15) is 11.7 Å². The molecular weight excluding hydrogens is 632 g/mol. The smallest absolute Gasteiger partial charge is 0.361 e. The van der Waals surface area contributed by atoms with Gasteiger partial charge in [0.05, 0.1) is 12.2 Å². The van der Waals surface area contributed by atoms with Gasteiger partial charge in [-0.1, -0.05) is 9.24 Å². The number of aromatic nitrogens is 5. The number of pyridine rings is 1. The van der Waals surface area contributed by atoms with Gasteiger partial charge >= 0.3 is 27.9 Å². The van der Waals surface area contributed by atoms with Crippen LogP contribution in [0.25, 0.3) is 11.5 Å². The van der Waals surface area contributed by atoms with Gasteiger partial charge < -0.3 is 31.1 Å². The number of aliphatic carboxylic acids is 1. The zero-order chi connectivity index (χ0) is 32.7. The maximum atomic E-state index is 12.9. The average molecular weight is 655 g/mol. The van der Waals surface area contributed by atoms with E-state index in [4.69, 9.17) is 10.6 Å². The molecule has 3 aromatic rings. The van der Waals surface area contributed by atoms with Crippen molar-refractivity contribution in [3.05, 3.63) is 44.0 Å². The summed E-state index contributed by atoms with van der Waals surface area (Å²) in [7, 11) is -3.91. The van der Waals surface area contributed by atoms with E-state index in [0.717, 1.165) is 49.1 Å². The van der Waals surface area contributed by atoms with Crippen molar-refractivity contribution in [1.82, 2.24) is 38.7 Å². The average Bonchev–Trinajstić information content (AvgIpc) is 3.50. The quantitative estimate of drug-likeness (QED) is 0.0766. The van der Waals surface area contributed by atoms with Gasteiger partial charge in [0.25, 0.3) is 11.8 Å². The number of thiazole rings is 1. The third kappa shape index (κ3) is 5.98. The van der Waals surface area contributed by atoms with Gasteiger partial charge in [0.2, 0.25) is 11.0 Å². The molecule has 1 fully saturated rings. The minimum Gasteiger partial charge on any atom is -0.503 e. The number of β-lactam (4-membered cyclic amide) rings is 1. The molecule has 0 bridgehead atoms.